The molecule has 0 N–H and O–H groups in total. The predicted octanol–water partition coefficient (Wildman–Crippen LogP) is 1.89. The third-order valence-electron chi connectivity index (χ3n) is 6.35. The highest BCUT2D eigenvalue weighted by atomic mass is 16.5. The van der Waals surface area contributed by atoms with Gasteiger partial charge in [0.2, 0.25) is 5.91 Å². The van der Waals surface area contributed by atoms with Crippen LogP contribution in [0.5, 0.6) is 0 Å². The summed E-state index contributed by atoms with van der Waals surface area (Å²) in [6, 6.07) is 0.786. The van der Waals surface area contributed by atoms with Crippen LogP contribution in [0.4, 0.5) is 0 Å². The van der Waals surface area contributed by atoms with E-state index in [9.17, 15) is 4.79 Å². The maximum Gasteiger partial charge on any atom is 0.223 e. The number of carbonyl (C=O) groups is 1. The summed E-state index contributed by atoms with van der Waals surface area (Å²) >= 11 is 0. The lowest BCUT2D eigenvalue weighted by atomic mass is 9.78. The molecule has 4 fully saturated rings. The molecule has 3 heterocycles. The van der Waals surface area contributed by atoms with Gasteiger partial charge in [-0.2, -0.15) is 0 Å². The number of fused-ring (bicyclic) bond motifs is 1. The van der Waals surface area contributed by atoms with E-state index < -0.39 is 0 Å². The Labute approximate surface area is 127 Å². The molecule has 0 aromatic carbocycles. The molecule has 0 bridgehead atoms. The van der Waals surface area contributed by atoms with Crippen molar-refractivity contribution in [3.05, 3.63) is 0 Å². The number of ether oxygens (including phenoxy) is 1. The van der Waals surface area contributed by atoms with E-state index in [1.807, 2.05) is 0 Å². The Kier molecular flexibility index (Phi) is 3.70. The molecule has 1 amide bonds. The monoisotopic (exact) mass is 292 g/mol. The molecule has 0 radical (unpaired) electrons. The zero-order chi connectivity index (χ0) is 14.3. The maximum absolute atomic E-state index is 12.6. The van der Waals surface area contributed by atoms with Gasteiger partial charge in [0.15, 0.2) is 0 Å². The van der Waals surface area contributed by atoms with E-state index in [2.05, 4.69) is 9.80 Å². The number of nitrogens with zero attached hydrogens (tertiary/aromatic N) is 2. The fraction of sp³-hybridized carbons (Fsp3) is 0.941. The van der Waals surface area contributed by atoms with Crippen LogP contribution in [0.15, 0.2) is 0 Å². The van der Waals surface area contributed by atoms with Gasteiger partial charge in [0.05, 0.1) is 13.2 Å². The fourth-order valence-electron chi connectivity index (χ4n) is 5.05. The summed E-state index contributed by atoms with van der Waals surface area (Å²) in [6.45, 7) is 5.90. The number of likely N-dealkylation sites (tertiary alicyclic amines) is 2. The van der Waals surface area contributed by atoms with Gasteiger partial charge in [0.25, 0.3) is 0 Å². The normalized spacial score (nSPS) is 37.5. The van der Waals surface area contributed by atoms with Crippen molar-refractivity contribution in [2.24, 2.45) is 11.3 Å². The van der Waals surface area contributed by atoms with Gasteiger partial charge in [-0.1, -0.05) is 12.8 Å². The van der Waals surface area contributed by atoms with Crippen molar-refractivity contribution in [2.45, 2.75) is 51.0 Å². The summed E-state index contributed by atoms with van der Waals surface area (Å²) < 4.78 is 5.79. The summed E-state index contributed by atoms with van der Waals surface area (Å²) in [6.07, 6.45) is 8.61. The molecule has 3 saturated heterocycles. The van der Waals surface area contributed by atoms with Crippen molar-refractivity contribution in [3.8, 4) is 0 Å². The van der Waals surface area contributed by atoms with Crippen LogP contribution in [0.3, 0.4) is 0 Å². The molecule has 4 nitrogen and oxygen atoms in total. The minimum atomic E-state index is 0.127. The SMILES string of the molecule is O=C(C[C@]12COC[C@H]1CN(C1CCCC1)C2)N1CCCC1. The van der Waals surface area contributed by atoms with Gasteiger partial charge in [-0.15, -0.1) is 0 Å². The average Bonchev–Trinajstić information content (AvgIpc) is 3.22. The topological polar surface area (TPSA) is 32.8 Å². The lowest BCUT2D eigenvalue weighted by molar-refractivity contribution is -0.133. The Morgan fingerprint density at radius 2 is 1.90 bits per heavy atom. The molecule has 1 aliphatic carbocycles. The smallest absolute Gasteiger partial charge is 0.223 e. The van der Waals surface area contributed by atoms with Crippen LogP contribution < -0.4 is 0 Å². The molecular formula is C17H28N2O2. The van der Waals surface area contributed by atoms with Crippen LogP contribution in [-0.4, -0.2) is 61.1 Å². The maximum atomic E-state index is 12.6. The van der Waals surface area contributed by atoms with E-state index in [-0.39, 0.29) is 5.41 Å². The van der Waals surface area contributed by atoms with E-state index >= 15 is 0 Å². The first-order valence-corrected chi connectivity index (χ1v) is 8.86. The minimum absolute atomic E-state index is 0.127. The van der Waals surface area contributed by atoms with Crippen molar-refractivity contribution in [1.82, 2.24) is 9.80 Å². The van der Waals surface area contributed by atoms with Gasteiger partial charge >= 0.3 is 0 Å². The van der Waals surface area contributed by atoms with Crippen molar-refractivity contribution < 1.29 is 9.53 Å². The largest absolute Gasteiger partial charge is 0.380 e. The van der Waals surface area contributed by atoms with E-state index in [1.165, 1.54) is 38.5 Å². The van der Waals surface area contributed by atoms with Gasteiger partial charge in [0, 0.05) is 50.0 Å². The molecule has 4 heteroatoms. The second-order valence-corrected chi connectivity index (χ2v) is 7.71. The quantitative estimate of drug-likeness (QED) is 0.796. The summed E-state index contributed by atoms with van der Waals surface area (Å²) in [7, 11) is 0. The molecule has 0 aromatic heterocycles. The molecule has 0 spiro atoms. The van der Waals surface area contributed by atoms with Gasteiger partial charge < -0.3 is 9.64 Å². The molecular weight excluding hydrogens is 264 g/mol. The molecule has 2 atom stereocenters. The van der Waals surface area contributed by atoms with Crippen molar-refractivity contribution in [3.63, 3.8) is 0 Å². The van der Waals surface area contributed by atoms with Crippen molar-refractivity contribution >= 4 is 5.91 Å². The standard InChI is InChI=1S/C17H28N2O2/c20-16(18-7-3-4-8-18)9-17-12-19(15-5-1-2-6-15)10-14(17)11-21-13-17/h14-15H,1-13H2/t14-,17+/m1/s1. The highest BCUT2D eigenvalue weighted by molar-refractivity contribution is 5.77. The third kappa shape index (κ3) is 2.50. The van der Waals surface area contributed by atoms with E-state index in [0.29, 0.717) is 11.8 Å². The minimum Gasteiger partial charge on any atom is -0.380 e. The van der Waals surface area contributed by atoms with Gasteiger partial charge in [0.1, 0.15) is 0 Å². The number of carbonyl (C=O) groups excluding carboxylic acids is 1. The highest BCUT2D eigenvalue weighted by Crippen LogP contribution is 2.46. The summed E-state index contributed by atoms with van der Waals surface area (Å²) in [4.78, 5) is 17.4. The summed E-state index contributed by atoms with van der Waals surface area (Å²) in [5, 5.41) is 0. The third-order valence-corrected chi connectivity index (χ3v) is 6.35. The Morgan fingerprint density at radius 3 is 2.67 bits per heavy atom. The van der Waals surface area contributed by atoms with Crippen LogP contribution in [0.1, 0.15) is 44.9 Å². The molecule has 4 rings (SSSR count). The number of amides is 1. The lowest BCUT2D eigenvalue weighted by Crippen LogP contribution is -2.40. The number of hydrogen-bond donors (Lipinski definition) is 0. The molecule has 118 valence electrons. The van der Waals surface area contributed by atoms with Gasteiger partial charge in [-0.05, 0) is 25.7 Å². The Balaban J connectivity index is 1.44. The molecule has 0 aromatic rings. The lowest BCUT2D eigenvalue weighted by Gasteiger charge is -2.30. The van der Waals surface area contributed by atoms with Crippen LogP contribution in [-0.2, 0) is 9.53 Å². The summed E-state index contributed by atoms with van der Waals surface area (Å²) in [5.74, 6) is 0.973. The first-order valence-electron chi connectivity index (χ1n) is 8.86. The highest BCUT2D eigenvalue weighted by Gasteiger charge is 2.53. The Bertz CT molecular complexity index is 402. The van der Waals surface area contributed by atoms with Gasteiger partial charge in [-0.25, -0.2) is 0 Å². The molecule has 0 unspecified atom stereocenters. The van der Waals surface area contributed by atoms with Gasteiger partial charge in [-0.3, -0.25) is 9.69 Å². The predicted molar refractivity (Wildman–Crippen MR) is 81.0 cm³/mol. The molecule has 1 saturated carbocycles. The fourth-order valence-corrected chi connectivity index (χ4v) is 5.05. The van der Waals surface area contributed by atoms with Crippen LogP contribution in [0.25, 0.3) is 0 Å². The zero-order valence-electron chi connectivity index (χ0n) is 13.1. The van der Waals surface area contributed by atoms with E-state index in [0.717, 1.165) is 51.9 Å². The van der Waals surface area contributed by atoms with Crippen molar-refractivity contribution in [1.29, 1.82) is 0 Å². The molecule has 4 aliphatic rings. The molecule has 21 heavy (non-hydrogen) atoms. The van der Waals surface area contributed by atoms with E-state index in [1.54, 1.807) is 0 Å². The van der Waals surface area contributed by atoms with E-state index in [4.69, 9.17) is 4.74 Å². The Morgan fingerprint density at radius 1 is 1.14 bits per heavy atom. The second kappa shape index (κ2) is 5.54. The van der Waals surface area contributed by atoms with Crippen LogP contribution in [0, 0.1) is 11.3 Å². The van der Waals surface area contributed by atoms with Crippen LogP contribution in [0.2, 0.25) is 0 Å². The second-order valence-electron chi connectivity index (χ2n) is 7.71. The number of hydrogen-bond acceptors (Lipinski definition) is 3. The summed E-state index contributed by atoms with van der Waals surface area (Å²) in [5.41, 5.74) is 0.127. The number of rotatable bonds is 3. The van der Waals surface area contributed by atoms with Crippen molar-refractivity contribution in [2.75, 3.05) is 39.4 Å². The van der Waals surface area contributed by atoms with Crippen LogP contribution >= 0.6 is 0 Å². The first-order chi connectivity index (χ1) is 10.3. The average molecular weight is 292 g/mol. The Hall–Kier alpha value is -0.610. The zero-order valence-corrected chi connectivity index (χ0v) is 13.1. The first kappa shape index (κ1) is 14.0. The molecule has 3 aliphatic heterocycles.